The van der Waals surface area contributed by atoms with Crippen LogP contribution in [0.25, 0.3) is 10.9 Å². The maximum Gasteiger partial charge on any atom is 0.335 e. The van der Waals surface area contributed by atoms with E-state index in [-0.39, 0.29) is 17.3 Å². The Balaban J connectivity index is 2.66. The minimum atomic E-state index is -0.963. The van der Waals surface area contributed by atoms with Gasteiger partial charge in [-0.05, 0) is 18.6 Å². The Morgan fingerprint density at radius 2 is 2.00 bits per heavy atom. The second kappa shape index (κ2) is 5.49. The Morgan fingerprint density at radius 3 is 2.55 bits per heavy atom. The van der Waals surface area contributed by atoms with E-state index in [1.54, 1.807) is 18.2 Å². The number of aromatic nitrogens is 1. The van der Waals surface area contributed by atoms with Crippen LogP contribution in [0.5, 0.6) is 0 Å². The summed E-state index contributed by atoms with van der Waals surface area (Å²) in [7, 11) is 0. The number of aromatic carboxylic acids is 1. The van der Waals surface area contributed by atoms with Crippen LogP contribution in [0.3, 0.4) is 0 Å². The molecule has 0 atom stereocenters. The molecule has 2 rings (SSSR count). The zero-order valence-corrected chi connectivity index (χ0v) is 12.0. The molecule has 0 saturated heterocycles. The van der Waals surface area contributed by atoms with Gasteiger partial charge in [-0.2, -0.15) is 0 Å². The largest absolute Gasteiger partial charge is 0.478 e. The van der Waals surface area contributed by atoms with Crippen LogP contribution in [0, 0.1) is 5.92 Å². The number of Topliss-reactive ketones (excluding diaryl/α,β-unsaturated/α-hetero) is 1. The molecule has 2 aromatic rings. The van der Waals surface area contributed by atoms with E-state index in [0.717, 1.165) is 29.4 Å². The van der Waals surface area contributed by atoms with E-state index in [9.17, 15) is 9.59 Å². The van der Waals surface area contributed by atoms with E-state index in [1.807, 2.05) is 13.8 Å². The predicted octanol–water partition coefficient (Wildman–Crippen LogP) is 3.66. The van der Waals surface area contributed by atoms with Crippen molar-refractivity contribution in [3.63, 3.8) is 0 Å². The number of H-pyrrole nitrogens is 1. The summed E-state index contributed by atoms with van der Waals surface area (Å²) < 4.78 is 0. The van der Waals surface area contributed by atoms with E-state index >= 15 is 0 Å². The molecular weight excluding hydrogens is 254 g/mol. The van der Waals surface area contributed by atoms with Crippen LogP contribution < -0.4 is 0 Å². The molecule has 0 amide bonds. The highest BCUT2D eigenvalue weighted by Crippen LogP contribution is 2.27. The number of carboxylic acids is 1. The summed E-state index contributed by atoms with van der Waals surface area (Å²) in [5, 5.41) is 9.86. The molecule has 0 saturated carbocycles. The summed E-state index contributed by atoms with van der Waals surface area (Å²) in [5.41, 5.74) is 2.57. The number of fused-ring (bicyclic) bond motifs is 1. The molecule has 1 heterocycles. The molecule has 0 spiro atoms. The lowest BCUT2D eigenvalue weighted by Gasteiger charge is -2.06. The van der Waals surface area contributed by atoms with Gasteiger partial charge in [0, 0.05) is 28.1 Å². The maximum atomic E-state index is 12.4. The van der Waals surface area contributed by atoms with Gasteiger partial charge in [0.05, 0.1) is 5.56 Å². The number of nitrogens with one attached hydrogen (secondary N) is 1. The Bertz CT molecular complexity index is 668. The summed E-state index contributed by atoms with van der Waals surface area (Å²) in [6, 6.07) is 4.86. The van der Waals surface area contributed by atoms with E-state index in [1.165, 1.54) is 0 Å². The van der Waals surface area contributed by atoms with Gasteiger partial charge in [0.15, 0.2) is 5.78 Å². The minimum absolute atomic E-state index is 0.0799. The zero-order valence-electron chi connectivity index (χ0n) is 12.0. The van der Waals surface area contributed by atoms with Gasteiger partial charge in [0.1, 0.15) is 0 Å². The van der Waals surface area contributed by atoms with Crippen LogP contribution in [0.1, 0.15) is 53.6 Å². The number of ketones is 1. The fourth-order valence-corrected chi connectivity index (χ4v) is 2.39. The summed E-state index contributed by atoms with van der Waals surface area (Å²) in [4.78, 5) is 26.6. The van der Waals surface area contributed by atoms with Gasteiger partial charge in [-0.25, -0.2) is 4.79 Å². The van der Waals surface area contributed by atoms with E-state index in [0.29, 0.717) is 5.56 Å². The van der Waals surface area contributed by atoms with Gasteiger partial charge >= 0.3 is 5.97 Å². The minimum Gasteiger partial charge on any atom is -0.478 e. The number of aromatic amines is 1. The van der Waals surface area contributed by atoms with E-state index in [2.05, 4.69) is 11.9 Å². The molecule has 0 radical (unpaired) electrons. The van der Waals surface area contributed by atoms with Crippen LogP contribution in [0.15, 0.2) is 18.2 Å². The average molecular weight is 273 g/mol. The van der Waals surface area contributed by atoms with Crippen molar-refractivity contribution >= 4 is 22.7 Å². The van der Waals surface area contributed by atoms with Crippen LogP contribution in [0.2, 0.25) is 0 Å². The van der Waals surface area contributed by atoms with Gasteiger partial charge in [-0.15, -0.1) is 0 Å². The van der Waals surface area contributed by atoms with E-state index in [4.69, 9.17) is 5.11 Å². The zero-order chi connectivity index (χ0) is 14.9. The molecule has 0 aliphatic heterocycles. The molecule has 2 N–H and O–H groups in total. The first-order valence-corrected chi connectivity index (χ1v) is 6.87. The highest BCUT2D eigenvalue weighted by molar-refractivity contribution is 6.10. The number of aryl methyl sites for hydroxylation is 1. The highest BCUT2D eigenvalue weighted by Gasteiger charge is 2.20. The summed E-state index contributed by atoms with van der Waals surface area (Å²) in [6.45, 7) is 5.81. The van der Waals surface area contributed by atoms with Gasteiger partial charge in [-0.3, -0.25) is 4.79 Å². The number of carbonyl (C=O) groups is 2. The maximum absolute atomic E-state index is 12.4. The van der Waals surface area contributed by atoms with Crippen molar-refractivity contribution in [3.05, 3.63) is 35.0 Å². The molecular formula is C16H19NO3. The van der Waals surface area contributed by atoms with Crippen LogP contribution in [0.4, 0.5) is 0 Å². The third-order valence-corrected chi connectivity index (χ3v) is 3.39. The molecule has 0 aliphatic carbocycles. The normalized spacial score (nSPS) is 11.2. The fourth-order valence-electron chi connectivity index (χ4n) is 2.39. The number of hydrogen-bond acceptors (Lipinski definition) is 2. The van der Waals surface area contributed by atoms with Crippen molar-refractivity contribution in [2.24, 2.45) is 5.92 Å². The van der Waals surface area contributed by atoms with Crippen molar-refractivity contribution < 1.29 is 14.7 Å². The number of rotatable bonds is 5. The second-order valence-corrected chi connectivity index (χ2v) is 5.31. The lowest BCUT2D eigenvalue weighted by atomic mass is 9.96. The third kappa shape index (κ3) is 2.46. The lowest BCUT2D eigenvalue weighted by Crippen LogP contribution is -2.09. The Hall–Kier alpha value is -2.10. The molecule has 0 unspecified atom stereocenters. The summed E-state index contributed by atoms with van der Waals surface area (Å²) >= 11 is 0. The third-order valence-electron chi connectivity index (χ3n) is 3.39. The quantitative estimate of drug-likeness (QED) is 0.817. The first-order chi connectivity index (χ1) is 9.45. The monoisotopic (exact) mass is 273 g/mol. The lowest BCUT2D eigenvalue weighted by molar-refractivity contribution is 0.0696. The van der Waals surface area contributed by atoms with Gasteiger partial charge in [-0.1, -0.05) is 33.3 Å². The number of benzene rings is 1. The molecule has 4 heteroatoms. The molecule has 20 heavy (non-hydrogen) atoms. The van der Waals surface area contributed by atoms with Crippen molar-refractivity contribution in [3.8, 4) is 0 Å². The molecule has 0 aliphatic rings. The SMILES string of the molecule is CCCc1[nH]c2cc(C(=O)O)ccc2c1C(=O)C(C)C. The molecule has 0 bridgehead atoms. The fraction of sp³-hybridized carbons (Fsp3) is 0.375. The molecule has 106 valence electrons. The van der Waals surface area contributed by atoms with Crippen molar-refractivity contribution in [1.29, 1.82) is 0 Å². The van der Waals surface area contributed by atoms with Crippen molar-refractivity contribution in [2.75, 3.05) is 0 Å². The highest BCUT2D eigenvalue weighted by atomic mass is 16.4. The number of carbonyl (C=O) groups excluding carboxylic acids is 1. The topological polar surface area (TPSA) is 70.2 Å². The molecule has 1 aromatic carbocycles. The first kappa shape index (κ1) is 14.3. The Labute approximate surface area is 117 Å². The second-order valence-electron chi connectivity index (χ2n) is 5.31. The van der Waals surface area contributed by atoms with Crippen LogP contribution in [-0.2, 0) is 6.42 Å². The van der Waals surface area contributed by atoms with Gasteiger partial charge in [0.2, 0.25) is 0 Å². The van der Waals surface area contributed by atoms with Crippen molar-refractivity contribution in [2.45, 2.75) is 33.6 Å². The molecule has 0 fully saturated rings. The molecule has 4 nitrogen and oxygen atoms in total. The predicted molar refractivity (Wildman–Crippen MR) is 78.4 cm³/mol. The number of hydrogen-bond donors (Lipinski definition) is 2. The van der Waals surface area contributed by atoms with Gasteiger partial charge < -0.3 is 10.1 Å². The molecule has 1 aromatic heterocycles. The van der Waals surface area contributed by atoms with Crippen LogP contribution in [-0.4, -0.2) is 21.8 Å². The van der Waals surface area contributed by atoms with Gasteiger partial charge in [0.25, 0.3) is 0 Å². The summed E-state index contributed by atoms with van der Waals surface area (Å²) in [5.74, 6) is -0.943. The smallest absolute Gasteiger partial charge is 0.335 e. The average Bonchev–Trinajstić information content (AvgIpc) is 2.74. The Morgan fingerprint density at radius 1 is 1.30 bits per heavy atom. The van der Waals surface area contributed by atoms with E-state index < -0.39 is 5.97 Å². The van der Waals surface area contributed by atoms with Crippen molar-refractivity contribution in [1.82, 2.24) is 4.98 Å². The standard InChI is InChI=1S/C16H19NO3/c1-4-5-12-14(15(18)9(2)3)11-7-6-10(16(19)20)8-13(11)17-12/h6-9,17H,4-5H2,1-3H3,(H,19,20). The first-order valence-electron chi connectivity index (χ1n) is 6.87. The Kier molecular flexibility index (Phi) is 3.93. The van der Waals surface area contributed by atoms with Crippen LogP contribution >= 0.6 is 0 Å². The number of carboxylic acid groups (broad SMARTS) is 1. The summed E-state index contributed by atoms with van der Waals surface area (Å²) in [6.07, 6.45) is 1.71.